The molecule has 1 fully saturated rings. The molecule has 27 heavy (non-hydrogen) atoms. The lowest BCUT2D eigenvalue weighted by atomic mass is 9.96. The van der Waals surface area contributed by atoms with E-state index in [9.17, 15) is 4.79 Å². The second-order valence-corrected chi connectivity index (χ2v) is 7.62. The fraction of sp³-hybridized carbons (Fsp3) is 0.421. The molecule has 4 heterocycles. The SMILES string of the molecule is Cc1ncc(C(=O)N2CCC[C@@H](c3nccn3Cc3cscn3)C2)c(C)n1. The molecule has 7 nitrogen and oxygen atoms in total. The lowest BCUT2D eigenvalue weighted by Gasteiger charge is -2.33. The molecular weight excluding hydrogens is 360 g/mol. The second-order valence-electron chi connectivity index (χ2n) is 6.90. The first kappa shape index (κ1) is 17.8. The monoisotopic (exact) mass is 382 g/mol. The number of imidazole rings is 1. The molecule has 0 aromatic carbocycles. The van der Waals surface area contributed by atoms with Crippen molar-refractivity contribution in [2.45, 2.75) is 39.2 Å². The molecule has 0 N–H and O–H groups in total. The fourth-order valence-electron chi connectivity index (χ4n) is 3.64. The van der Waals surface area contributed by atoms with Crippen molar-refractivity contribution in [3.05, 3.63) is 58.1 Å². The van der Waals surface area contributed by atoms with Crippen LogP contribution in [0.25, 0.3) is 0 Å². The lowest BCUT2D eigenvalue weighted by Crippen LogP contribution is -2.40. The summed E-state index contributed by atoms with van der Waals surface area (Å²) in [7, 11) is 0. The van der Waals surface area contributed by atoms with Crippen LogP contribution in [0.4, 0.5) is 0 Å². The molecule has 0 bridgehead atoms. The highest BCUT2D eigenvalue weighted by molar-refractivity contribution is 7.07. The molecule has 1 saturated heterocycles. The molecule has 8 heteroatoms. The van der Waals surface area contributed by atoms with Gasteiger partial charge < -0.3 is 9.47 Å². The maximum Gasteiger partial charge on any atom is 0.257 e. The van der Waals surface area contributed by atoms with Crippen molar-refractivity contribution < 1.29 is 4.79 Å². The third-order valence-electron chi connectivity index (χ3n) is 4.97. The van der Waals surface area contributed by atoms with Crippen molar-refractivity contribution in [3.8, 4) is 0 Å². The summed E-state index contributed by atoms with van der Waals surface area (Å²) in [5.74, 6) is 1.94. The van der Waals surface area contributed by atoms with E-state index in [4.69, 9.17) is 0 Å². The van der Waals surface area contributed by atoms with E-state index >= 15 is 0 Å². The predicted molar refractivity (Wildman–Crippen MR) is 103 cm³/mol. The van der Waals surface area contributed by atoms with Gasteiger partial charge in [0.1, 0.15) is 11.6 Å². The van der Waals surface area contributed by atoms with E-state index in [2.05, 4.69) is 29.9 Å². The van der Waals surface area contributed by atoms with Gasteiger partial charge >= 0.3 is 0 Å². The zero-order chi connectivity index (χ0) is 18.8. The summed E-state index contributed by atoms with van der Waals surface area (Å²) in [5, 5.41) is 2.06. The number of aryl methyl sites for hydroxylation is 2. The van der Waals surface area contributed by atoms with Gasteiger partial charge in [-0.2, -0.15) is 0 Å². The molecule has 0 radical (unpaired) electrons. The molecule has 3 aromatic rings. The summed E-state index contributed by atoms with van der Waals surface area (Å²) in [6, 6.07) is 0. The first-order valence-electron chi connectivity index (χ1n) is 9.09. The highest BCUT2D eigenvalue weighted by Crippen LogP contribution is 2.27. The van der Waals surface area contributed by atoms with E-state index < -0.39 is 0 Å². The third-order valence-corrected chi connectivity index (χ3v) is 5.60. The molecule has 1 amide bonds. The number of rotatable bonds is 4. The molecule has 1 atom stereocenters. The van der Waals surface area contributed by atoms with Gasteiger partial charge in [0.25, 0.3) is 5.91 Å². The van der Waals surface area contributed by atoms with Crippen LogP contribution in [-0.2, 0) is 6.54 Å². The van der Waals surface area contributed by atoms with Crippen LogP contribution in [0.5, 0.6) is 0 Å². The quantitative estimate of drug-likeness (QED) is 0.693. The lowest BCUT2D eigenvalue weighted by molar-refractivity contribution is 0.0701. The van der Waals surface area contributed by atoms with Gasteiger partial charge in [-0.1, -0.05) is 0 Å². The number of thiazole rings is 1. The van der Waals surface area contributed by atoms with Gasteiger partial charge in [-0.3, -0.25) is 4.79 Å². The van der Waals surface area contributed by atoms with Crippen LogP contribution in [0.1, 0.15) is 52.2 Å². The number of aromatic nitrogens is 5. The number of likely N-dealkylation sites (tertiary alicyclic amines) is 1. The minimum atomic E-state index is 0.00908. The van der Waals surface area contributed by atoms with Crippen LogP contribution >= 0.6 is 11.3 Å². The minimum absolute atomic E-state index is 0.00908. The zero-order valence-corrected chi connectivity index (χ0v) is 16.3. The van der Waals surface area contributed by atoms with Crippen molar-refractivity contribution in [1.29, 1.82) is 0 Å². The molecular formula is C19H22N6OS. The topological polar surface area (TPSA) is 76.8 Å². The Hall–Kier alpha value is -2.61. The number of nitrogens with zero attached hydrogens (tertiary/aromatic N) is 6. The standard InChI is InChI=1S/C19H22N6OS/c1-13-17(8-21-14(2)23-13)19(26)25-6-3-4-15(9-25)18-20-5-7-24(18)10-16-11-27-12-22-16/h5,7-8,11-12,15H,3-4,6,9-10H2,1-2H3/t15-/m1/s1. The maximum absolute atomic E-state index is 13.0. The number of piperidine rings is 1. The van der Waals surface area contributed by atoms with Gasteiger partial charge in [0.05, 0.1) is 29.0 Å². The van der Waals surface area contributed by atoms with E-state index in [0.29, 0.717) is 24.5 Å². The molecule has 0 aliphatic carbocycles. The smallest absolute Gasteiger partial charge is 0.257 e. The Morgan fingerprint density at radius 2 is 2.19 bits per heavy atom. The van der Waals surface area contributed by atoms with Gasteiger partial charge in [0, 0.05) is 43.0 Å². The summed E-state index contributed by atoms with van der Waals surface area (Å²) >= 11 is 1.60. The number of hydrogen-bond acceptors (Lipinski definition) is 6. The number of hydrogen-bond donors (Lipinski definition) is 0. The predicted octanol–water partition coefficient (Wildman–Crippen LogP) is 2.81. The Labute approximate surface area is 162 Å². The molecule has 0 spiro atoms. The van der Waals surface area contributed by atoms with Crippen molar-refractivity contribution in [2.24, 2.45) is 0 Å². The molecule has 4 rings (SSSR count). The fourth-order valence-corrected chi connectivity index (χ4v) is 4.19. The Bertz CT molecular complexity index is 936. The van der Waals surface area contributed by atoms with E-state index in [-0.39, 0.29) is 11.8 Å². The second kappa shape index (κ2) is 7.56. The van der Waals surface area contributed by atoms with Gasteiger partial charge in [0.15, 0.2) is 0 Å². The summed E-state index contributed by atoms with van der Waals surface area (Å²) < 4.78 is 2.15. The Morgan fingerprint density at radius 1 is 1.30 bits per heavy atom. The van der Waals surface area contributed by atoms with Crippen molar-refractivity contribution in [2.75, 3.05) is 13.1 Å². The number of amides is 1. The highest BCUT2D eigenvalue weighted by atomic mass is 32.1. The van der Waals surface area contributed by atoms with Gasteiger partial charge in [0.2, 0.25) is 0 Å². The van der Waals surface area contributed by atoms with Crippen molar-refractivity contribution in [1.82, 2.24) is 29.4 Å². The Morgan fingerprint density at radius 3 is 2.96 bits per heavy atom. The third kappa shape index (κ3) is 3.75. The molecule has 1 aliphatic rings. The van der Waals surface area contributed by atoms with Crippen molar-refractivity contribution in [3.63, 3.8) is 0 Å². The summed E-state index contributed by atoms with van der Waals surface area (Å²) in [4.78, 5) is 32.4. The van der Waals surface area contributed by atoms with Crippen LogP contribution in [0.3, 0.4) is 0 Å². The first-order valence-corrected chi connectivity index (χ1v) is 10.0. The van der Waals surface area contributed by atoms with E-state index in [1.165, 1.54) is 0 Å². The van der Waals surface area contributed by atoms with Gasteiger partial charge in [-0.25, -0.2) is 19.9 Å². The Kier molecular flexibility index (Phi) is 4.98. The van der Waals surface area contributed by atoms with Gasteiger partial charge in [-0.15, -0.1) is 11.3 Å². The van der Waals surface area contributed by atoms with Crippen LogP contribution in [0, 0.1) is 13.8 Å². The molecule has 0 unspecified atom stereocenters. The normalized spacial score (nSPS) is 17.3. The highest BCUT2D eigenvalue weighted by Gasteiger charge is 2.29. The molecule has 3 aromatic heterocycles. The molecule has 1 aliphatic heterocycles. The molecule has 0 saturated carbocycles. The maximum atomic E-state index is 13.0. The van der Waals surface area contributed by atoms with Crippen LogP contribution in [0.2, 0.25) is 0 Å². The van der Waals surface area contributed by atoms with Crippen LogP contribution in [-0.4, -0.2) is 48.4 Å². The summed E-state index contributed by atoms with van der Waals surface area (Å²) in [6.07, 6.45) is 7.47. The van der Waals surface area contributed by atoms with E-state index in [0.717, 1.165) is 36.6 Å². The summed E-state index contributed by atoms with van der Waals surface area (Å²) in [6.45, 7) is 5.84. The average molecular weight is 382 g/mol. The largest absolute Gasteiger partial charge is 0.338 e. The van der Waals surface area contributed by atoms with E-state index in [1.807, 2.05) is 36.7 Å². The van der Waals surface area contributed by atoms with Crippen LogP contribution in [0.15, 0.2) is 29.5 Å². The van der Waals surface area contributed by atoms with Crippen LogP contribution < -0.4 is 0 Å². The average Bonchev–Trinajstić information content (AvgIpc) is 3.34. The number of carbonyl (C=O) groups is 1. The van der Waals surface area contributed by atoms with E-state index in [1.54, 1.807) is 17.5 Å². The first-order chi connectivity index (χ1) is 13.1. The van der Waals surface area contributed by atoms with Crippen molar-refractivity contribution >= 4 is 17.2 Å². The molecule has 140 valence electrons. The van der Waals surface area contributed by atoms with Gasteiger partial charge in [-0.05, 0) is 26.7 Å². The minimum Gasteiger partial charge on any atom is -0.338 e. The summed E-state index contributed by atoms with van der Waals surface area (Å²) in [5.41, 5.74) is 4.21. The zero-order valence-electron chi connectivity index (χ0n) is 15.5. The number of carbonyl (C=O) groups excluding carboxylic acids is 1. The Balaban J connectivity index is 1.52.